The Morgan fingerprint density at radius 3 is 2.50 bits per heavy atom. The first-order chi connectivity index (χ1) is 9.42. The summed E-state index contributed by atoms with van der Waals surface area (Å²) in [6, 6.07) is 6.85. The Kier molecular flexibility index (Phi) is 5.82. The van der Waals surface area contributed by atoms with Crippen LogP contribution in [0.5, 0.6) is 5.75 Å². The maximum atomic E-state index is 12.2. The summed E-state index contributed by atoms with van der Waals surface area (Å²) >= 11 is 0. The van der Waals surface area contributed by atoms with Gasteiger partial charge >= 0.3 is 5.97 Å². The number of para-hydroxylation sites is 2. The molecule has 0 aliphatic heterocycles. The number of methoxy groups -OCH3 is 2. The van der Waals surface area contributed by atoms with Crippen molar-refractivity contribution >= 4 is 21.7 Å². The highest BCUT2D eigenvalue weighted by atomic mass is 32.2. The second kappa shape index (κ2) is 7.14. The second-order valence-electron chi connectivity index (χ2n) is 4.14. The standard InChI is InChI=1S/C13H19NO5S/c1-14(11-7-4-5-8-12(11)18-2)20(16,17)10-6-9-13(15)19-3/h4-5,7-8H,6,9-10H2,1-3H3. The van der Waals surface area contributed by atoms with Gasteiger partial charge in [-0.05, 0) is 18.6 Å². The molecule has 20 heavy (non-hydrogen) atoms. The Hall–Kier alpha value is -1.76. The number of rotatable bonds is 7. The normalized spacial score (nSPS) is 10.9. The molecule has 0 aromatic heterocycles. The predicted molar refractivity (Wildman–Crippen MR) is 76.4 cm³/mol. The van der Waals surface area contributed by atoms with Crippen molar-refractivity contribution in [2.45, 2.75) is 12.8 Å². The average molecular weight is 301 g/mol. The molecule has 0 saturated heterocycles. The molecule has 0 amide bonds. The van der Waals surface area contributed by atoms with Crippen LogP contribution in [0, 0.1) is 0 Å². The van der Waals surface area contributed by atoms with Crippen molar-refractivity contribution in [1.82, 2.24) is 0 Å². The number of carbonyl (C=O) groups is 1. The lowest BCUT2D eigenvalue weighted by atomic mass is 10.3. The number of esters is 1. The lowest BCUT2D eigenvalue weighted by Crippen LogP contribution is -2.29. The average Bonchev–Trinajstić information content (AvgIpc) is 2.45. The molecular weight excluding hydrogens is 282 g/mol. The van der Waals surface area contributed by atoms with E-state index in [0.29, 0.717) is 11.4 Å². The van der Waals surface area contributed by atoms with Crippen LogP contribution in [0.2, 0.25) is 0 Å². The minimum absolute atomic E-state index is 0.0789. The molecule has 0 unspecified atom stereocenters. The molecule has 112 valence electrons. The number of hydrogen-bond acceptors (Lipinski definition) is 5. The van der Waals surface area contributed by atoms with Gasteiger partial charge in [0.05, 0.1) is 25.7 Å². The van der Waals surface area contributed by atoms with Crippen LogP contribution in [0.15, 0.2) is 24.3 Å². The molecule has 0 heterocycles. The molecule has 1 aromatic rings. The zero-order valence-corrected chi connectivity index (χ0v) is 12.6. The summed E-state index contributed by atoms with van der Waals surface area (Å²) < 4.78 is 35.2. The van der Waals surface area contributed by atoms with Crippen molar-refractivity contribution < 1.29 is 22.7 Å². The van der Waals surface area contributed by atoms with Crippen molar-refractivity contribution in [3.63, 3.8) is 0 Å². The maximum absolute atomic E-state index is 12.2. The van der Waals surface area contributed by atoms with E-state index in [1.807, 2.05) is 0 Å². The van der Waals surface area contributed by atoms with Crippen LogP contribution < -0.4 is 9.04 Å². The van der Waals surface area contributed by atoms with Gasteiger partial charge in [-0.3, -0.25) is 9.10 Å². The van der Waals surface area contributed by atoms with E-state index in [4.69, 9.17) is 4.74 Å². The van der Waals surface area contributed by atoms with Crippen LogP contribution in [0.4, 0.5) is 5.69 Å². The smallest absolute Gasteiger partial charge is 0.305 e. The number of ether oxygens (including phenoxy) is 2. The fraction of sp³-hybridized carbons (Fsp3) is 0.462. The van der Waals surface area contributed by atoms with Crippen molar-refractivity contribution in [2.24, 2.45) is 0 Å². The van der Waals surface area contributed by atoms with E-state index in [9.17, 15) is 13.2 Å². The topological polar surface area (TPSA) is 72.9 Å². The molecule has 0 aliphatic carbocycles. The first-order valence-electron chi connectivity index (χ1n) is 6.09. The molecular formula is C13H19NO5S. The lowest BCUT2D eigenvalue weighted by molar-refractivity contribution is -0.140. The molecule has 7 heteroatoms. The zero-order chi connectivity index (χ0) is 15.2. The Labute approximate surface area is 119 Å². The van der Waals surface area contributed by atoms with E-state index in [-0.39, 0.29) is 18.6 Å². The number of carbonyl (C=O) groups excluding carboxylic acids is 1. The first-order valence-corrected chi connectivity index (χ1v) is 7.69. The molecule has 1 aromatic carbocycles. The molecule has 1 rings (SSSR count). The third kappa shape index (κ3) is 4.12. The van der Waals surface area contributed by atoms with Gasteiger partial charge in [-0.1, -0.05) is 12.1 Å². The number of anilines is 1. The van der Waals surface area contributed by atoms with Gasteiger partial charge in [0.25, 0.3) is 0 Å². The third-order valence-electron chi connectivity index (χ3n) is 2.85. The molecule has 0 atom stereocenters. The molecule has 0 bridgehead atoms. The number of hydrogen-bond donors (Lipinski definition) is 0. The number of nitrogens with zero attached hydrogens (tertiary/aromatic N) is 1. The fourth-order valence-corrected chi connectivity index (χ4v) is 2.91. The molecule has 0 N–H and O–H groups in total. The van der Waals surface area contributed by atoms with Crippen molar-refractivity contribution in [3.05, 3.63) is 24.3 Å². The molecule has 0 aliphatic rings. The Bertz CT molecular complexity index is 556. The third-order valence-corrected chi connectivity index (χ3v) is 4.69. The summed E-state index contributed by atoms with van der Waals surface area (Å²) in [6.45, 7) is 0. The van der Waals surface area contributed by atoms with Gasteiger partial charge in [0.1, 0.15) is 5.75 Å². The van der Waals surface area contributed by atoms with Crippen LogP contribution in [0.1, 0.15) is 12.8 Å². The van der Waals surface area contributed by atoms with Gasteiger partial charge < -0.3 is 9.47 Å². The van der Waals surface area contributed by atoms with Gasteiger partial charge in [-0.2, -0.15) is 0 Å². The Morgan fingerprint density at radius 1 is 1.25 bits per heavy atom. The maximum Gasteiger partial charge on any atom is 0.305 e. The Morgan fingerprint density at radius 2 is 1.90 bits per heavy atom. The van der Waals surface area contributed by atoms with E-state index in [1.54, 1.807) is 24.3 Å². The predicted octanol–water partition coefficient (Wildman–Crippen LogP) is 1.41. The summed E-state index contributed by atoms with van der Waals surface area (Å²) in [4.78, 5) is 11.0. The van der Waals surface area contributed by atoms with Gasteiger partial charge in [0, 0.05) is 13.5 Å². The summed E-state index contributed by atoms with van der Waals surface area (Å²) in [5.74, 6) is -0.0666. The lowest BCUT2D eigenvalue weighted by Gasteiger charge is -2.21. The fourth-order valence-electron chi connectivity index (χ4n) is 1.68. The number of sulfonamides is 1. The summed E-state index contributed by atoms with van der Waals surface area (Å²) in [7, 11) is 0.718. The zero-order valence-electron chi connectivity index (χ0n) is 11.8. The van der Waals surface area contributed by atoms with Gasteiger partial charge in [0.15, 0.2) is 0 Å². The molecule has 6 nitrogen and oxygen atoms in total. The van der Waals surface area contributed by atoms with E-state index in [1.165, 1.54) is 25.6 Å². The summed E-state index contributed by atoms with van der Waals surface area (Å²) in [5.41, 5.74) is 0.466. The van der Waals surface area contributed by atoms with Crippen molar-refractivity contribution in [1.29, 1.82) is 0 Å². The van der Waals surface area contributed by atoms with Crippen LogP contribution in [0.25, 0.3) is 0 Å². The largest absolute Gasteiger partial charge is 0.495 e. The highest BCUT2D eigenvalue weighted by Gasteiger charge is 2.21. The summed E-state index contributed by atoms with van der Waals surface area (Å²) in [5, 5.41) is 0. The second-order valence-corrected chi connectivity index (χ2v) is 6.25. The van der Waals surface area contributed by atoms with Crippen LogP contribution in [-0.4, -0.2) is 41.4 Å². The first kappa shape index (κ1) is 16.3. The van der Waals surface area contributed by atoms with Gasteiger partial charge in [-0.25, -0.2) is 8.42 Å². The van der Waals surface area contributed by atoms with Crippen LogP contribution in [0.3, 0.4) is 0 Å². The van der Waals surface area contributed by atoms with Gasteiger partial charge in [0.2, 0.25) is 10.0 Å². The monoisotopic (exact) mass is 301 g/mol. The SMILES string of the molecule is COC(=O)CCCS(=O)(=O)N(C)c1ccccc1OC. The van der Waals surface area contributed by atoms with Crippen molar-refractivity contribution in [2.75, 3.05) is 31.3 Å². The van der Waals surface area contributed by atoms with E-state index < -0.39 is 16.0 Å². The van der Waals surface area contributed by atoms with E-state index in [0.717, 1.165) is 0 Å². The number of benzene rings is 1. The molecule has 0 radical (unpaired) electrons. The van der Waals surface area contributed by atoms with Crippen LogP contribution in [-0.2, 0) is 19.6 Å². The summed E-state index contributed by atoms with van der Waals surface area (Å²) in [6.07, 6.45) is 0.296. The molecule has 0 saturated carbocycles. The van der Waals surface area contributed by atoms with Crippen molar-refractivity contribution in [3.8, 4) is 5.75 Å². The minimum Gasteiger partial charge on any atom is -0.495 e. The van der Waals surface area contributed by atoms with E-state index >= 15 is 0 Å². The van der Waals surface area contributed by atoms with Gasteiger partial charge in [-0.15, -0.1) is 0 Å². The quantitative estimate of drug-likeness (QED) is 0.712. The van der Waals surface area contributed by atoms with E-state index in [2.05, 4.69) is 4.74 Å². The molecule has 0 fully saturated rings. The highest BCUT2D eigenvalue weighted by Crippen LogP contribution is 2.28. The van der Waals surface area contributed by atoms with Crippen LogP contribution >= 0.6 is 0 Å². The minimum atomic E-state index is -3.50. The highest BCUT2D eigenvalue weighted by molar-refractivity contribution is 7.92. The Balaban J connectivity index is 2.79. The molecule has 0 spiro atoms.